The molecule has 3 nitrogen and oxygen atoms in total. The van der Waals surface area contributed by atoms with Gasteiger partial charge in [0.15, 0.2) is 0 Å². The van der Waals surface area contributed by atoms with Gasteiger partial charge in [0.05, 0.1) is 5.56 Å². The van der Waals surface area contributed by atoms with Gasteiger partial charge in [0.1, 0.15) is 5.82 Å². The van der Waals surface area contributed by atoms with Crippen LogP contribution in [0.25, 0.3) is 0 Å². The van der Waals surface area contributed by atoms with Crippen LogP contribution in [0, 0.1) is 12.7 Å². The van der Waals surface area contributed by atoms with Crippen LogP contribution in [0.5, 0.6) is 0 Å². The van der Waals surface area contributed by atoms with E-state index in [2.05, 4.69) is 5.32 Å². The summed E-state index contributed by atoms with van der Waals surface area (Å²) in [6.45, 7) is 2.23. The molecule has 0 spiro atoms. The van der Waals surface area contributed by atoms with Crippen LogP contribution >= 0.6 is 0 Å². The molecular formula is C15H14FNO2. The van der Waals surface area contributed by atoms with E-state index in [0.29, 0.717) is 12.1 Å². The highest BCUT2D eigenvalue weighted by Gasteiger charge is 2.03. The van der Waals surface area contributed by atoms with Gasteiger partial charge in [0.25, 0.3) is 0 Å². The van der Waals surface area contributed by atoms with Crippen molar-refractivity contribution in [2.75, 3.05) is 5.32 Å². The third kappa shape index (κ3) is 3.31. The number of aromatic carboxylic acids is 1. The van der Waals surface area contributed by atoms with Gasteiger partial charge in [-0.25, -0.2) is 9.18 Å². The van der Waals surface area contributed by atoms with Crippen LogP contribution in [-0.4, -0.2) is 11.1 Å². The van der Waals surface area contributed by atoms with Crippen LogP contribution < -0.4 is 5.32 Å². The summed E-state index contributed by atoms with van der Waals surface area (Å²) in [5.74, 6) is -1.18. The Labute approximate surface area is 110 Å². The Morgan fingerprint density at radius 2 is 2.05 bits per heavy atom. The molecule has 0 aliphatic heterocycles. The van der Waals surface area contributed by atoms with Crippen LogP contribution in [0.1, 0.15) is 21.5 Å². The first-order valence-electron chi connectivity index (χ1n) is 5.88. The molecule has 2 N–H and O–H groups in total. The topological polar surface area (TPSA) is 49.3 Å². The molecule has 19 heavy (non-hydrogen) atoms. The molecule has 0 aliphatic rings. The maximum Gasteiger partial charge on any atom is 0.335 e. The minimum Gasteiger partial charge on any atom is -0.478 e. The van der Waals surface area contributed by atoms with Gasteiger partial charge in [-0.1, -0.05) is 18.2 Å². The van der Waals surface area contributed by atoms with Gasteiger partial charge in [-0.15, -0.1) is 0 Å². The maximum absolute atomic E-state index is 13.1. The minimum absolute atomic E-state index is 0.225. The highest BCUT2D eigenvalue weighted by Crippen LogP contribution is 2.14. The lowest BCUT2D eigenvalue weighted by atomic mass is 10.1. The van der Waals surface area contributed by atoms with Gasteiger partial charge in [0, 0.05) is 12.2 Å². The zero-order valence-corrected chi connectivity index (χ0v) is 10.5. The number of hydrogen-bond donors (Lipinski definition) is 2. The van der Waals surface area contributed by atoms with Gasteiger partial charge >= 0.3 is 5.97 Å². The van der Waals surface area contributed by atoms with E-state index in [1.54, 1.807) is 37.3 Å². The van der Waals surface area contributed by atoms with Gasteiger partial charge < -0.3 is 10.4 Å². The number of aryl methyl sites for hydroxylation is 1. The molecule has 0 amide bonds. The summed E-state index contributed by atoms with van der Waals surface area (Å²) >= 11 is 0. The second-order valence-corrected chi connectivity index (χ2v) is 4.32. The molecule has 0 bridgehead atoms. The van der Waals surface area contributed by atoms with E-state index in [9.17, 15) is 9.18 Å². The van der Waals surface area contributed by atoms with Crippen molar-refractivity contribution in [2.24, 2.45) is 0 Å². The van der Waals surface area contributed by atoms with Crippen LogP contribution in [-0.2, 0) is 6.54 Å². The molecule has 2 rings (SSSR count). The van der Waals surface area contributed by atoms with Crippen molar-refractivity contribution in [1.29, 1.82) is 0 Å². The van der Waals surface area contributed by atoms with Crippen LogP contribution in [0.15, 0.2) is 42.5 Å². The Hall–Kier alpha value is -2.36. The van der Waals surface area contributed by atoms with E-state index in [1.165, 1.54) is 12.1 Å². The number of benzene rings is 2. The van der Waals surface area contributed by atoms with E-state index in [-0.39, 0.29) is 11.4 Å². The van der Waals surface area contributed by atoms with Gasteiger partial charge in [-0.2, -0.15) is 0 Å². The zero-order chi connectivity index (χ0) is 13.8. The lowest BCUT2D eigenvalue weighted by Gasteiger charge is -2.08. The first kappa shape index (κ1) is 13.1. The number of rotatable bonds is 4. The van der Waals surface area contributed by atoms with E-state index in [1.807, 2.05) is 0 Å². The molecule has 0 aromatic heterocycles. The zero-order valence-electron chi connectivity index (χ0n) is 10.5. The van der Waals surface area contributed by atoms with Crippen molar-refractivity contribution in [1.82, 2.24) is 0 Å². The van der Waals surface area contributed by atoms with Crippen LogP contribution in [0.3, 0.4) is 0 Å². The average Bonchev–Trinajstić information content (AvgIpc) is 2.40. The van der Waals surface area contributed by atoms with Crippen molar-refractivity contribution in [3.05, 3.63) is 65.0 Å². The van der Waals surface area contributed by atoms with Crippen molar-refractivity contribution < 1.29 is 14.3 Å². The smallest absolute Gasteiger partial charge is 0.335 e. The molecule has 0 heterocycles. The number of hydrogen-bond acceptors (Lipinski definition) is 2. The van der Waals surface area contributed by atoms with Crippen molar-refractivity contribution in [3.63, 3.8) is 0 Å². The molecule has 0 unspecified atom stereocenters. The molecule has 0 fully saturated rings. The first-order valence-corrected chi connectivity index (χ1v) is 5.88. The molecule has 98 valence electrons. The molecule has 2 aromatic carbocycles. The fourth-order valence-electron chi connectivity index (χ4n) is 1.78. The lowest BCUT2D eigenvalue weighted by Crippen LogP contribution is -2.02. The summed E-state index contributed by atoms with van der Waals surface area (Å²) in [7, 11) is 0. The second kappa shape index (κ2) is 5.52. The quantitative estimate of drug-likeness (QED) is 0.884. The number of halogens is 1. The molecule has 0 atom stereocenters. The monoisotopic (exact) mass is 259 g/mol. The van der Waals surface area contributed by atoms with Gasteiger partial charge in [-0.05, 0) is 42.3 Å². The molecule has 0 radical (unpaired) electrons. The number of carbonyl (C=O) groups is 1. The normalized spacial score (nSPS) is 10.2. The van der Waals surface area contributed by atoms with E-state index in [0.717, 1.165) is 11.3 Å². The minimum atomic E-state index is -0.957. The highest BCUT2D eigenvalue weighted by molar-refractivity contribution is 5.88. The summed E-state index contributed by atoms with van der Waals surface area (Å²) in [6, 6.07) is 11.5. The van der Waals surface area contributed by atoms with E-state index < -0.39 is 5.97 Å². The first-order chi connectivity index (χ1) is 9.06. The SMILES string of the molecule is Cc1cc(CNc2cccc(C(=O)O)c2)ccc1F. The van der Waals surface area contributed by atoms with Crippen molar-refractivity contribution in [3.8, 4) is 0 Å². The predicted octanol–water partition coefficient (Wildman–Crippen LogP) is 3.44. The summed E-state index contributed by atoms with van der Waals surface area (Å²) in [4.78, 5) is 10.8. The number of carboxylic acids is 1. The van der Waals surface area contributed by atoms with Crippen molar-refractivity contribution >= 4 is 11.7 Å². The largest absolute Gasteiger partial charge is 0.478 e. The standard InChI is InChI=1S/C15H14FNO2/c1-10-7-11(5-6-14(10)16)9-17-13-4-2-3-12(8-13)15(18)19/h2-8,17H,9H2,1H3,(H,18,19). The number of nitrogens with one attached hydrogen (secondary N) is 1. The number of carboxylic acid groups (broad SMARTS) is 1. The second-order valence-electron chi connectivity index (χ2n) is 4.32. The van der Waals surface area contributed by atoms with Gasteiger partial charge in [-0.3, -0.25) is 0 Å². The molecule has 4 heteroatoms. The maximum atomic E-state index is 13.1. The molecule has 2 aromatic rings. The lowest BCUT2D eigenvalue weighted by molar-refractivity contribution is 0.0697. The third-order valence-electron chi connectivity index (χ3n) is 2.83. The van der Waals surface area contributed by atoms with Crippen molar-refractivity contribution in [2.45, 2.75) is 13.5 Å². The van der Waals surface area contributed by atoms with E-state index >= 15 is 0 Å². The van der Waals surface area contributed by atoms with Crippen LogP contribution in [0.2, 0.25) is 0 Å². The third-order valence-corrected chi connectivity index (χ3v) is 2.83. The summed E-state index contributed by atoms with van der Waals surface area (Å²) < 4.78 is 13.1. The van der Waals surface area contributed by atoms with Gasteiger partial charge in [0.2, 0.25) is 0 Å². The average molecular weight is 259 g/mol. The molecule has 0 saturated carbocycles. The molecule has 0 aliphatic carbocycles. The Bertz CT molecular complexity index is 611. The highest BCUT2D eigenvalue weighted by atomic mass is 19.1. The Balaban J connectivity index is 2.07. The molecule has 0 saturated heterocycles. The summed E-state index contributed by atoms with van der Waals surface area (Å²) in [5.41, 5.74) is 2.50. The summed E-state index contributed by atoms with van der Waals surface area (Å²) in [5, 5.41) is 12.0. The predicted molar refractivity (Wildman–Crippen MR) is 71.9 cm³/mol. The van der Waals surface area contributed by atoms with Crippen LogP contribution in [0.4, 0.5) is 10.1 Å². The fourth-order valence-corrected chi connectivity index (χ4v) is 1.78. The Morgan fingerprint density at radius 3 is 2.74 bits per heavy atom. The Kier molecular flexibility index (Phi) is 3.80. The summed E-state index contributed by atoms with van der Waals surface area (Å²) in [6.07, 6.45) is 0. The van der Waals surface area contributed by atoms with E-state index in [4.69, 9.17) is 5.11 Å². The molecular weight excluding hydrogens is 245 g/mol. The Morgan fingerprint density at radius 1 is 1.26 bits per heavy atom. The fraction of sp³-hybridized carbons (Fsp3) is 0.133. The number of anilines is 1.